The van der Waals surface area contributed by atoms with Crippen molar-refractivity contribution in [2.75, 3.05) is 19.8 Å². The minimum Gasteiger partial charge on any atom is -0.444 e. The minimum atomic E-state index is -2.85. The molecule has 5 rings (SSSR count). The number of ether oxygens (including phenoxy) is 2. The third kappa shape index (κ3) is 6.18. The fourth-order valence-electron chi connectivity index (χ4n) is 5.80. The topological polar surface area (TPSA) is 72.7 Å². The zero-order valence-electron chi connectivity index (χ0n) is 25.5. The molecular weight excluding hydrogens is 648 g/mol. The van der Waals surface area contributed by atoms with Gasteiger partial charge in [-0.1, -0.05) is 81.4 Å². The monoisotopic (exact) mass is 685 g/mol. The fraction of sp³-hybridized carbons (Fsp3) is 0.406. The van der Waals surface area contributed by atoms with Gasteiger partial charge in [-0.3, -0.25) is 9.89 Å². The second-order valence-electron chi connectivity index (χ2n) is 12.9. The molecule has 228 valence electrons. The molecule has 0 radical (unpaired) electrons. The highest BCUT2D eigenvalue weighted by molar-refractivity contribution is 9.18. The average Bonchev–Trinajstić information content (AvgIpc) is 3.23. The predicted molar refractivity (Wildman–Crippen MR) is 177 cm³/mol. The van der Waals surface area contributed by atoms with Gasteiger partial charge >= 0.3 is 6.09 Å². The van der Waals surface area contributed by atoms with Crippen LogP contribution < -0.4 is 10.4 Å². The van der Waals surface area contributed by atoms with Crippen LogP contribution in [0.2, 0.25) is 5.04 Å². The fourth-order valence-corrected chi connectivity index (χ4v) is 11.1. The van der Waals surface area contributed by atoms with Gasteiger partial charge in [0.1, 0.15) is 23.6 Å². The molecule has 0 bridgehead atoms. The summed E-state index contributed by atoms with van der Waals surface area (Å²) in [7, 11) is -2.85. The van der Waals surface area contributed by atoms with E-state index in [0.29, 0.717) is 16.1 Å². The van der Waals surface area contributed by atoms with Gasteiger partial charge in [-0.25, -0.2) is 4.79 Å². The number of hydrogen-bond donors (Lipinski definition) is 0. The molecule has 2 aromatic carbocycles. The molecule has 8 nitrogen and oxygen atoms in total. The van der Waals surface area contributed by atoms with E-state index in [0.717, 1.165) is 0 Å². The maximum absolute atomic E-state index is 13.7. The number of halogens is 2. The first-order valence-electron chi connectivity index (χ1n) is 14.4. The summed E-state index contributed by atoms with van der Waals surface area (Å²) in [6.45, 7) is 13.0. The van der Waals surface area contributed by atoms with E-state index in [4.69, 9.17) is 30.7 Å². The van der Waals surface area contributed by atoms with E-state index in [2.05, 4.69) is 90.2 Å². The third-order valence-electron chi connectivity index (χ3n) is 7.78. The molecule has 3 atom stereocenters. The van der Waals surface area contributed by atoms with Gasteiger partial charge in [0, 0.05) is 15.9 Å². The van der Waals surface area contributed by atoms with E-state index >= 15 is 0 Å². The summed E-state index contributed by atoms with van der Waals surface area (Å²) >= 11 is 10.4. The molecule has 11 heteroatoms. The first-order chi connectivity index (χ1) is 20.3. The van der Waals surface area contributed by atoms with Crippen LogP contribution in [0.5, 0.6) is 0 Å². The number of morpholine rings is 1. The molecule has 3 aliphatic heterocycles. The van der Waals surface area contributed by atoms with E-state index in [9.17, 15) is 4.79 Å². The molecule has 3 unspecified atom stereocenters. The molecule has 2 aromatic rings. The quantitative estimate of drug-likeness (QED) is 0.210. The number of benzene rings is 2. The van der Waals surface area contributed by atoms with Crippen LogP contribution in [-0.4, -0.2) is 71.8 Å². The van der Waals surface area contributed by atoms with Gasteiger partial charge in [0.15, 0.2) is 11.8 Å². The SMILES string of the molecule is CC(C)(C)OC(=O)N1CC(C2=C3C=NC=C[N+]3(Cl)C(Br)=N2)OCC1CO[Si](c1ccccc1)(c1ccccc1)C(C)(C)C. The van der Waals surface area contributed by atoms with Crippen molar-refractivity contribution >= 4 is 63.5 Å². The van der Waals surface area contributed by atoms with Crippen molar-refractivity contribution in [1.29, 1.82) is 0 Å². The van der Waals surface area contributed by atoms with Crippen LogP contribution in [0.25, 0.3) is 0 Å². The molecule has 1 saturated heterocycles. The van der Waals surface area contributed by atoms with Crippen molar-refractivity contribution in [3.8, 4) is 0 Å². The van der Waals surface area contributed by atoms with Crippen molar-refractivity contribution in [2.24, 2.45) is 9.98 Å². The largest absolute Gasteiger partial charge is 0.444 e. The average molecular weight is 687 g/mol. The highest BCUT2D eigenvalue weighted by Crippen LogP contribution is 2.40. The van der Waals surface area contributed by atoms with E-state index in [1.54, 1.807) is 23.5 Å². The van der Waals surface area contributed by atoms with Crippen LogP contribution in [-0.2, 0) is 13.9 Å². The summed E-state index contributed by atoms with van der Waals surface area (Å²) in [6.07, 6.45) is 4.08. The summed E-state index contributed by atoms with van der Waals surface area (Å²) in [5, 5.41) is 2.13. The molecule has 3 aliphatic rings. The van der Waals surface area contributed by atoms with Gasteiger partial charge in [-0.15, -0.1) is 4.00 Å². The Kier molecular flexibility index (Phi) is 8.92. The number of allylic oxidation sites excluding steroid dienone is 1. The smallest absolute Gasteiger partial charge is 0.410 e. The molecule has 0 aliphatic carbocycles. The number of hydrogen-bond acceptors (Lipinski definition) is 6. The Hall–Kier alpha value is -2.60. The zero-order valence-corrected chi connectivity index (χ0v) is 28.8. The van der Waals surface area contributed by atoms with E-state index in [-0.39, 0.29) is 34.8 Å². The lowest BCUT2D eigenvalue weighted by Gasteiger charge is -2.45. The first kappa shape index (κ1) is 31.8. The van der Waals surface area contributed by atoms with E-state index in [1.807, 2.05) is 32.9 Å². The number of carbonyl (C=O) groups excluding carboxylic acids is 1. The number of nitrogens with zero attached hydrogens (tertiary/aromatic N) is 4. The summed E-state index contributed by atoms with van der Waals surface area (Å²) in [5.41, 5.74) is 0.621. The minimum absolute atomic E-state index is 0.161. The summed E-state index contributed by atoms with van der Waals surface area (Å²) in [6, 6.07) is 20.5. The van der Waals surface area contributed by atoms with Crippen LogP contribution >= 0.6 is 27.7 Å². The molecule has 0 saturated carbocycles. The Balaban J connectivity index is 1.49. The number of amidine groups is 1. The number of rotatable bonds is 6. The van der Waals surface area contributed by atoms with Gasteiger partial charge in [-0.05, 0) is 36.2 Å². The van der Waals surface area contributed by atoms with E-state index < -0.39 is 26.1 Å². The lowest BCUT2D eigenvalue weighted by atomic mass is 10.1. The van der Waals surface area contributed by atoms with Crippen LogP contribution in [0, 0.1) is 0 Å². The maximum Gasteiger partial charge on any atom is 0.410 e. The maximum atomic E-state index is 13.7. The Morgan fingerprint density at radius 1 is 1.07 bits per heavy atom. The molecule has 3 heterocycles. The normalized spacial score (nSPS) is 24.2. The lowest BCUT2D eigenvalue weighted by Crippen LogP contribution is -2.68. The number of amides is 1. The number of quaternary nitrogens is 1. The third-order valence-corrected chi connectivity index (χ3v) is 14.2. The van der Waals surface area contributed by atoms with E-state index in [1.165, 1.54) is 10.4 Å². The van der Waals surface area contributed by atoms with Crippen LogP contribution in [0.3, 0.4) is 0 Å². The van der Waals surface area contributed by atoms with Gasteiger partial charge < -0.3 is 13.9 Å². The molecule has 1 amide bonds. The standard InChI is InChI=1S/C32H39BrClN4O4Si/c1-31(2,3)42-30(39)37-20-27(28-26-19-35-17-18-38(26,34)29(33)36-28)40-21-23(37)22-41-43(32(4,5)6,24-13-9-7-10-14-24)25-15-11-8-12-16-25/h7-19,23,27H,20-22H2,1-6H3/q+1. The Bertz CT molecular complexity index is 1430. The van der Waals surface area contributed by atoms with Crippen molar-refractivity contribution in [3.63, 3.8) is 0 Å². The van der Waals surface area contributed by atoms with Crippen LogP contribution in [0.1, 0.15) is 41.5 Å². The predicted octanol–water partition coefficient (Wildman–Crippen LogP) is 6.07. The molecule has 0 N–H and O–H groups in total. The molecule has 43 heavy (non-hydrogen) atoms. The number of fused-ring (bicyclic) bond motifs is 1. The van der Waals surface area contributed by atoms with Crippen molar-refractivity contribution in [2.45, 2.75) is 64.3 Å². The van der Waals surface area contributed by atoms with Crippen molar-refractivity contribution in [1.82, 2.24) is 4.90 Å². The Morgan fingerprint density at radius 2 is 1.67 bits per heavy atom. The number of aliphatic imine (C=N–C) groups is 2. The van der Waals surface area contributed by atoms with Gasteiger partial charge in [0.05, 0.1) is 38.2 Å². The van der Waals surface area contributed by atoms with Crippen molar-refractivity contribution < 1.29 is 22.7 Å². The highest BCUT2D eigenvalue weighted by Gasteiger charge is 2.52. The molecule has 1 fully saturated rings. The molecule has 0 aromatic heterocycles. The van der Waals surface area contributed by atoms with Crippen LogP contribution in [0.15, 0.2) is 94.4 Å². The first-order valence-corrected chi connectivity index (χ1v) is 17.5. The summed E-state index contributed by atoms with van der Waals surface area (Å²) < 4.78 is 19.9. The van der Waals surface area contributed by atoms with Crippen LogP contribution in [0.4, 0.5) is 4.79 Å². The van der Waals surface area contributed by atoms with Gasteiger partial charge in [-0.2, -0.15) is 4.99 Å². The highest BCUT2D eigenvalue weighted by atomic mass is 79.9. The molecular formula is C32H39BrClN4O4Si+. The van der Waals surface area contributed by atoms with Gasteiger partial charge in [0.25, 0.3) is 13.1 Å². The van der Waals surface area contributed by atoms with Gasteiger partial charge in [0.2, 0.25) is 5.70 Å². The Labute approximate surface area is 268 Å². The van der Waals surface area contributed by atoms with Crippen molar-refractivity contribution in [3.05, 3.63) is 84.5 Å². The Morgan fingerprint density at radius 3 is 2.23 bits per heavy atom. The summed E-state index contributed by atoms with van der Waals surface area (Å²) in [5.74, 6) is 0. The number of carbonyl (C=O) groups is 1. The second-order valence-corrected chi connectivity index (χ2v) is 18.5. The molecule has 0 spiro atoms. The lowest BCUT2D eigenvalue weighted by molar-refractivity contribution is -0.595. The zero-order chi connectivity index (χ0) is 31.0. The second kappa shape index (κ2) is 12.1. The summed E-state index contributed by atoms with van der Waals surface area (Å²) in [4.78, 5) is 24.4.